The van der Waals surface area contributed by atoms with Gasteiger partial charge in [0.2, 0.25) is 0 Å². The van der Waals surface area contributed by atoms with Crippen molar-refractivity contribution in [1.29, 1.82) is 0 Å². The maximum Gasteiger partial charge on any atom is 0.129 e. The number of nitrogens with one attached hydrogen (secondary N) is 2. The van der Waals surface area contributed by atoms with Crippen molar-refractivity contribution in [2.45, 2.75) is 24.8 Å². The molecule has 2 aliphatic rings. The quantitative estimate of drug-likeness (QED) is 0.808. The van der Waals surface area contributed by atoms with Gasteiger partial charge < -0.3 is 15.4 Å². The second-order valence-electron chi connectivity index (χ2n) is 4.71. The van der Waals surface area contributed by atoms with Crippen molar-refractivity contribution in [3.05, 3.63) is 18.1 Å². The third kappa shape index (κ3) is 2.56. The Morgan fingerprint density at radius 1 is 1.24 bits per heavy atom. The summed E-state index contributed by atoms with van der Waals surface area (Å²) in [5.41, 5.74) is 1.15. The first-order chi connectivity index (χ1) is 8.42. The highest BCUT2D eigenvalue weighted by Crippen LogP contribution is 2.26. The van der Waals surface area contributed by atoms with E-state index in [1.807, 2.05) is 0 Å². The van der Waals surface area contributed by atoms with Crippen LogP contribution in [0.3, 0.4) is 0 Å². The molecule has 0 spiro atoms. The Morgan fingerprint density at radius 3 is 2.76 bits per heavy atom. The molecule has 0 bridgehead atoms. The van der Waals surface area contributed by atoms with Gasteiger partial charge in [0.15, 0.2) is 0 Å². The van der Waals surface area contributed by atoms with Gasteiger partial charge in [-0.3, -0.25) is 0 Å². The Balaban J connectivity index is 1.68. The van der Waals surface area contributed by atoms with Crippen LogP contribution in [0.1, 0.15) is 24.5 Å². The van der Waals surface area contributed by atoms with Gasteiger partial charge >= 0.3 is 0 Å². The lowest BCUT2D eigenvalue weighted by atomic mass is 9.96. The first-order valence-corrected chi connectivity index (χ1v) is 6.29. The summed E-state index contributed by atoms with van der Waals surface area (Å²) in [6.07, 6.45) is 3.81. The lowest BCUT2D eigenvalue weighted by Crippen LogP contribution is -2.51. The van der Waals surface area contributed by atoms with E-state index in [2.05, 4.69) is 26.7 Å². The molecule has 2 saturated heterocycles. The molecule has 3 heterocycles. The first-order valence-electron chi connectivity index (χ1n) is 6.29. The lowest BCUT2D eigenvalue weighted by Gasteiger charge is -2.28. The molecule has 0 aromatic carbocycles. The van der Waals surface area contributed by atoms with Crippen LogP contribution in [0.15, 0.2) is 12.4 Å². The van der Waals surface area contributed by atoms with Gasteiger partial charge in [0, 0.05) is 44.0 Å². The average molecular weight is 234 g/mol. The Labute approximate surface area is 101 Å². The van der Waals surface area contributed by atoms with Crippen LogP contribution in [-0.2, 0) is 4.74 Å². The molecule has 0 saturated carbocycles. The zero-order chi connectivity index (χ0) is 11.5. The largest absolute Gasteiger partial charge is 0.381 e. The van der Waals surface area contributed by atoms with Gasteiger partial charge in [-0.15, -0.1) is 0 Å². The Kier molecular flexibility index (Phi) is 3.20. The van der Waals surface area contributed by atoms with Crippen molar-refractivity contribution in [2.75, 3.05) is 31.6 Å². The van der Waals surface area contributed by atoms with E-state index in [0.29, 0.717) is 12.0 Å². The monoisotopic (exact) mass is 234 g/mol. The van der Waals surface area contributed by atoms with Crippen LogP contribution in [-0.4, -0.2) is 42.3 Å². The van der Waals surface area contributed by atoms with Gasteiger partial charge in [0.1, 0.15) is 12.1 Å². The third-order valence-corrected chi connectivity index (χ3v) is 3.46. The van der Waals surface area contributed by atoms with Crippen LogP contribution in [0, 0.1) is 0 Å². The van der Waals surface area contributed by atoms with E-state index in [0.717, 1.165) is 50.7 Å². The SMILES string of the molecule is c1nc(NC2CNC2)cc(C2CCOCC2)n1. The molecular formula is C12H18N4O. The molecule has 0 radical (unpaired) electrons. The molecule has 17 heavy (non-hydrogen) atoms. The second-order valence-corrected chi connectivity index (χ2v) is 4.71. The second kappa shape index (κ2) is 4.98. The smallest absolute Gasteiger partial charge is 0.129 e. The zero-order valence-corrected chi connectivity index (χ0v) is 9.85. The van der Waals surface area contributed by atoms with E-state index in [1.54, 1.807) is 6.33 Å². The number of ether oxygens (including phenoxy) is 1. The van der Waals surface area contributed by atoms with Gasteiger partial charge in [-0.05, 0) is 12.8 Å². The minimum Gasteiger partial charge on any atom is -0.381 e. The first kappa shape index (κ1) is 10.9. The van der Waals surface area contributed by atoms with Crippen molar-refractivity contribution in [3.8, 4) is 0 Å². The number of hydrogen-bond acceptors (Lipinski definition) is 5. The Hall–Kier alpha value is -1.20. The predicted octanol–water partition coefficient (Wildman–Crippen LogP) is 0.754. The van der Waals surface area contributed by atoms with Gasteiger partial charge in [0.05, 0.1) is 6.04 Å². The number of nitrogens with zero attached hydrogens (tertiary/aromatic N) is 2. The van der Waals surface area contributed by atoms with E-state index in [1.165, 1.54) is 0 Å². The number of rotatable bonds is 3. The Bertz CT molecular complexity index is 375. The molecule has 5 heteroatoms. The molecule has 0 aliphatic carbocycles. The summed E-state index contributed by atoms with van der Waals surface area (Å²) >= 11 is 0. The maximum atomic E-state index is 5.38. The van der Waals surface area contributed by atoms with Gasteiger partial charge in [-0.2, -0.15) is 0 Å². The summed E-state index contributed by atoms with van der Waals surface area (Å²) in [6, 6.07) is 2.61. The van der Waals surface area contributed by atoms with Crippen LogP contribution >= 0.6 is 0 Å². The summed E-state index contributed by atoms with van der Waals surface area (Å²) < 4.78 is 5.38. The van der Waals surface area contributed by atoms with E-state index in [-0.39, 0.29) is 0 Å². The van der Waals surface area contributed by atoms with Crippen molar-refractivity contribution in [3.63, 3.8) is 0 Å². The van der Waals surface area contributed by atoms with E-state index >= 15 is 0 Å². The summed E-state index contributed by atoms with van der Waals surface area (Å²) in [5.74, 6) is 1.49. The van der Waals surface area contributed by atoms with E-state index in [9.17, 15) is 0 Å². The number of hydrogen-bond donors (Lipinski definition) is 2. The highest BCUT2D eigenvalue weighted by molar-refractivity contribution is 5.38. The molecule has 2 aliphatic heterocycles. The fourth-order valence-corrected chi connectivity index (χ4v) is 2.27. The molecule has 2 fully saturated rings. The molecule has 0 atom stereocenters. The van der Waals surface area contributed by atoms with Crippen molar-refractivity contribution < 1.29 is 4.74 Å². The fourth-order valence-electron chi connectivity index (χ4n) is 2.27. The van der Waals surface area contributed by atoms with Crippen molar-refractivity contribution in [1.82, 2.24) is 15.3 Å². The van der Waals surface area contributed by atoms with Crippen molar-refractivity contribution in [2.24, 2.45) is 0 Å². The van der Waals surface area contributed by atoms with Gasteiger partial charge in [0.25, 0.3) is 0 Å². The molecule has 3 rings (SSSR count). The van der Waals surface area contributed by atoms with Crippen LogP contribution in [0.4, 0.5) is 5.82 Å². The Morgan fingerprint density at radius 2 is 2.06 bits per heavy atom. The average Bonchev–Trinajstić information content (AvgIpc) is 2.35. The highest BCUT2D eigenvalue weighted by atomic mass is 16.5. The molecule has 0 amide bonds. The summed E-state index contributed by atoms with van der Waals surface area (Å²) in [5, 5.41) is 6.65. The van der Waals surface area contributed by atoms with Crippen LogP contribution < -0.4 is 10.6 Å². The molecular weight excluding hydrogens is 216 g/mol. The molecule has 1 aromatic rings. The zero-order valence-electron chi connectivity index (χ0n) is 9.85. The molecule has 92 valence electrons. The molecule has 2 N–H and O–H groups in total. The summed E-state index contributed by atoms with van der Waals surface area (Å²) in [7, 11) is 0. The number of aromatic nitrogens is 2. The van der Waals surface area contributed by atoms with E-state index in [4.69, 9.17) is 4.74 Å². The van der Waals surface area contributed by atoms with E-state index < -0.39 is 0 Å². The van der Waals surface area contributed by atoms with Crippen LogP contribution in [0.5, 0.6) is 0 Å². The highest BCUT2D eigenvalue weighted by Gasteiger charge is 2.20. The minimum atomic E-state index is 0.521. The van der Waals surface area contributed by atoms with Crippen LogP contribution in [0.25, 0.3) is 0 Å². The topological polar surface area (TPSA) is 59.1 Å². The lowest BCUT2D eigenvalue weighted by molar-refractivity contribution is 0.0845. The summed E-state index contributed by atoms with van der Waals surface area (Å²) in [6.45, 7) is 3.75. The normalized spacial score (nSPS) is 22.1. The van der Waals surface area contributed by atoms with Gasteiger partial charge in [-0.25, -0.2) is 9.97 Å². The molecule has 1 aromatic heterocycles. The van der Waals surface area contributed by atoms with Crippen molar-refractivity contribution >= 4 is 5.82 Å². The summed E-state index contributed by atoms with van der Waals surface area (Å²) in [4.78, 5) is 8.67. The van der Waals surface area contributed by atoms with Gasteiger partial charge in [-0.1, -0.05) is 0 Å². The fraction of sp³-hybridized carbons (Fsp3) is 0.667. The number of anilines is 1. The molecule has 0 unspecified atom stereocenters. The predicted molar refractivity (Wildman–Crippen MR) is 65.1 cm³/mol. The standard InChI is InChI=1S/C12H18N4O/c1-3-17-4-2-9(1)11-5-12(15-8-14-11)16-10-6-13-7-10/h5,8-10,13H,1-4,6-7H2,(H,14,15,16). The van der Waals surface area contributed by atoms with Crippen LogP contribution in [0.2, 0.25) is 0 Å². The third-order valence-electron chi connectivity index (χ3n) is 3.46. The molecule has 5 nitrogen and oxygen atoms in total. The minimum absolute atomic E-state index is 0.521. The maximum absolute atomic E-state index is 5.38.